The van der Waals surface area contributed by atoms with Gasteiger partial charge in [-0.05, 0) is 32.1 Å². The lowest BCUT2D eigenvalue weighted by atomic mass is 10.1. The first-order valence-corrected chi connectivity index (χ1v) is 9.98. The van der Waals surface area contributed by atoms with Gasteiger partial charge in [0.2, 0.25) is 0 Å². The molecule has 7 nitrogen and oxygen atoms in total. The van der Waals surface area contributed by atoms with Crippen LogP contribution in [-0.4, -0.2) is 36.2 Å². The fourth-order valence-corrected chi connectivity index (χ4v) is 3.70. The Kier molecular flexibility index (Phi) is 4.81. The molecule has 0 saturated carbocycles. The van der Waals surface area contributed by atoms with Crippen LogP contribution in [0.5, 0.6) is 0 Å². The van der Waals surface area contributed by atoms with E-state index in [0.29, 0.717) is 0 Å². The van der Waals surface area contributed by atoms with Gasteiger partial charge in [0, 0.05) is 6.54 Å². The Morgan fingerprint density at radius 3 is 2.74 bits per heavy atom. The van der Waals surface area contributed by atoms with Crippen LogP contribution < -0.4 is 5.32 Å². The molecule has 0 atom stereocenters. The van der Waals surface area contributed by atoms with E-state index >= 15 is 0 Å². The topological polar surface area (TPSA) is 84.3 Å². The molecule has 27 heavy (non-hydrogen) atoms. The summed E-state index contributed by atoms with van der Waals surface area (Å²) in [6, 6.07) is 10.5. The number of aryl methyl sites for hydroxylation is 3. The molecule has 0 unspecified atom stereocenters. The van der Waals surface area contributed by atoms with Crippen molar-refractivity contribution in [2.24, 2.45) is 0 Å². The standard InChI is InChI=1S/C19H21N7S/c1-12-16(13(2)26(25-12)10-9-14-7-5-4-6-8-14)22-17-15-18(21-11-20-17)23-24-19(15)27-3/h4-8,11H,9-10H2,1-3H3,(H2,20,21,22,23,24). The lowest BCUT2D eigenvalue weighted by Gasteiger charge is -2.08. The van der Waals surface area contributed by atoms with Gasteiger partial charge in [0.25, 0.3) is 0 Å². The lowest BCUT2D eigenvalue weighted by molar-refractivity contribution is 0.594. The molecule has 0 bridgehead atoms. The number of nitrogens with zero attached hydrogens (tertiary/aromatic N) is 5. The summed E-state index contributed by atoms with van der Waals surface area (Å²) in [5.74, 6) is 0.743. The van der Waals surface area contributed by atoms with Crippen molar-refractivity contribution in [3.63, 3.8) is 0 Å². The molecule has 3 heterocycles. The van der Waals surface area contributed by atoms with E-state index in [4.69, 9.17) is 5.10 Å². The highest BCUT2D eigenvalue weighted by Crippen LogP contribution is 2.31. The Hall–Kier alpha value is -2.87. The van der Waals surface area contributed by atoms with Crippen LogP contribution in [-0.2, 0) is 13.0 Å². The van der Waals surface area contributed by atoms with Crippen molar-refractivity contribution in [2.75, 3.05) is 11.6 Å². The minimum absolute atomic E-state index is 0.726. The molecule has 138 valence electrons. The smallest absolute Gasteiger partial charge is 0.161 e. The van der Waals surface area contributed by atoms with Crippen LogP contribution >= 0.6 is 11.8 Å². The van der Waals surface area contributed by atoms with Gasteiger partial charge in [-0.3, -0.25) is 9.78 Å². The van der Waals surface area contributed by atoms with Crippen molar-refractivity contribution in [3.05, 3.63) is 53.6 Å². The van der Waals surface area contributed by atoms with Crippen molar-refractivity contribution in [1.82, 2.24) is 29.9 Å². The number of anilines is 2. The van der Waals surface area contributed by atoms with Crippen molar-refractivity contribution in [2.45, 2.75) is 31.8 Å². The van der Waals surface area contributed by atoms with Crippen LogP contribution in [0.3, 0.4) is 0 Å². The van der Waals surface area contributed by atoms with Gasteiger partial charge in [0.1, 0.15) is 17.2 Å². The fraction of sp³-hybridized carbons (Fsp3) is 0.263. The number of thioether (sulfide) groups is 1. The molecular formula is C19H21N7S. The maximum Gasteiger partial charge on any atom is 0.161 e. The van der Waals surface area contributed by atoms with Crippen LogP contribution in [0.1, 0.15) is 17.0 Å². The number of aromatic nitrogens is 6. The Labute approximate surface area is 161 Å². The predicted octanol–water partition coefficient (Wildman–Crippen LogP) is 3.87. The van der Waals surface area contributed by atoms with E-state index in [-0.39, 0.29) is 0 Å². The molecule has 0 saturated heterocycles. The van der Waals surface area contributed by atoms with E-state index in [1.165, 1.54) is 11.9 Å². The first-order chi connectivity index (χ1) is 13.2. The molecule has 0 spiro atoms. The number of hydrogen-bond donors (Lipinski definition) is 2. The van der Waals surface area contributed by atoms with Crippen LogP contribution in [0.25, 0.3) is 11.0 Å². The first-order valence-electron chi connectivity index (χ1n) is 8.75. The van der Waals surface area contributed by atoms with E-state index in [0.717, 1.165) is 51.9 Å². The van der Waals surface area contributed by atoms with Gasteiger partial charge in [-0.2, -0.15) is 10.2 Å². The summed E-state index contributed by atoms with van der Waals surface area (Å²) in [4.78, 5) is 8.70. The van der Waals surface area contributed by atoms with Crippen LogP contribution in [0.15, 0.2) is 41.7 Å². The summed E-state index contributed by atoms with van der Waals surface area (Å²) in [6.07, 6.45) is 4.47. The van der Waals surface area contributed by atoms with Crippen molar-refractivity contribution < 1.29 is 0 Å². The molecule has 4 rings (SSSR count). The number of benzene rings is 1. The number of aromatic amines is 1. The monoisotopic (exact) mass is 379 g/mol. The molecule has 1 aromatic carbocycles. The van der Waals surface area contributed by atoms with E-state index < -0.39 is 0 Å². The van der Waals surface area contributed by atoms with Crippen LogP contribution in [0.4, 0.5) is 11.5 Å². The van der Waals surface area contributed by atoms with Gasteiger partial charge in [0.05, 0.1) is 22.5 Å². The Balaban J connectivity index is 1.62. The molecule has 4 aromatic rings. The lowest BCUT2D eigenvalue weighted by Crippen LogP contribution is -2.05. The molecule has 2 N–H and O–H groups in total. The van der Waals surface area contributed by atoms with Gasteiger partial charge in [-0.1, -0.05) is 30.3 Å². The third-order valence-corrected chi connectivity index (χ3v) is 5.28. The van der Waals surface area contributed by atoms with Crippen LogP contribution in [0.2, 0.25) is 0 Å². The van der Waals surface area contributed by atoms with Crippen molar-refractivity contribution >= 4 is 34.3 Å². The molecule has 0 amide bonds. The molecule has 8 heteroatoms. The minimum atomic E-state index is 0.726. The largest absolute Gasteiger partial charge is 0.336 e. The molecule has 0 fully saturated rings. The molecule has 3 aromatic heterocycles. The maximum atomic E-state index is 4.71. The zero-order valence-corrected chi connectivity index (χ0v) is 16.3. The summed E-state index contributed by atoms with van der Waals surface area (Å²) in [7, 11) is 0. The zero-order valence-electron chi connectivity index (χ0n) is 15.5. The quantitative estimate of drug-likeness (QED) is 0.495. The second-order valence-electron chi connectivity index (χ2n) is 6.31. The minimum Gasteiger partial charge on any atom is -0.336 e. The van der Waals surface area contributed by atoms with E-state index in [1.54, 1.807) is 11.8 Å². The summed E-state index contributed by atoms with van der Waals surface area (Å²) in [6.45, 7) is 4.92. The first kappa shape index (κ1) is 17.5. The molecular weight excluding hydrogens is 358 g/mol. The Morgan fingerprint density at radius 1 is 1.15 bits per heavy atom. The number of nitrogens with one attached hydrogen (secondary N) is 2. The second-order valence-corrected chi connectivity index (χ2v) is 7.10. The Bertz CT molecular complexity index is 1070. The summed E-state index contributed by atoms with van der Waals surface area (Å²) < 4.78 is 2.05. The van der Waals surface area contributed by atoms with E-state index in [9.17, 15) is 0 Å². The highest BCUT2D eigenvalue weighted by Gasteiger charge is 2.17. The summed E-state index contributed by atoms with van der Waals surface area (Å²) >= 11 is 1.57. The molecule has 0 aliphatic rings. The average Bonchev–Trinajstić information content (AvgIpc) is 3.24. The molecule has 0 radical (unpaired) electrons. The predicted molar refractivity (Wildman–Crippen MR) is 109 cm³/mol. The van der Waals surface area contributed by atoms with E-state index in [1.807, 2.05) is 23.9 Å². The van der Waals surface area contributed by atoms with Gasteiger partial charge in [-0.25, -0.2) is 9.97 Å². The SMILES string of the molecule is CSc1n[nH]c2ncnc(Nc3c(C)nn(CCc4ccccc4)c3C)c12. The van der Waals surface area contributed by atoms with E-state index in [2.05, 4.69) is 56.7 Å². The van der Waals surface area contributed by atoms with Gasteiger partial charge in [0.15, 0.2) is 5.65 Å². The summed E-state index contributed by atoms with van der Waals surface area (Å²) in [5, 5.41) is 17.2. The third kappa shape index (κ3) is 3.40. The highest BCUT2D eigenvalue weighted by atomic mass is 32.2. The average molecular weight is 379 g/mol. The molecule has 0 aliphatic carbocycles. The van der Waals surface area contributed by atoms with Crippen LogP contribution in [0, 0.1) is 13.8 Å². The molecule has 0 aliphatic heterocycles. The second kappa shape index (κ2) is 7.40. The Morgan fingerprint density at radius 2 is 1.96 bits per heavy atom. The summed E-state index contributed by atoms with van der Waals surface area (Å²) in [5.41, 5.74) is 5.05. The van der Waals surface area contributed by atoms with Gasteiger partial charge < -0.3 is 5.32 Å². The number of hydrogen-bond acceptors (Lipinski definition) is 6. The van der Waals surface area contributed by atoms with Crippen molar-refractivity contribution in [1.29, 1.82) is 0 Å². The van der Waals surface area contributed by atoms with Gasteiger partial charge in [-0.15, -0.1) is 11.8 Å². The highest BCUT2D eigenvalue weighted by molar-refractivity contribution is 7.98. The normalized spacial score (nSPS) is 11.2. The fourth-order valence-electron chi connectivity index (χ4n) is 3.17. The van der Waals surface area contributed by atoms with Gasteiger partial charge >= 0.3 is 0 Å². The zero-order chi connectivity index (χ0) is 18.8. The maximum absolute atomic E-state index is 4.71. The van der Waals surface area contributed by atoms with Crippen molar-refractivity contribution in [3.8, 4) is 0 Å². The number of fused-ring (bicyclic) bond motifs is 1. The number of H-pyrrole nitrogens is 1. The third-order valence-electron chi connectivity index (χ3n) is 4.60. The number of rotatable bonds is 6.